The Bertz CT molecular complexity index is 948. The van der Waals surface area contributed by atoms with Crippen molar-refractivity contribution in [2.24, 2.45) is 0 Å². The summed E-state index contributed by atoms with van der Waals surface area (Å²) in [6.07, 6.45) is 0. The standard InChI is InChI=1S/C22H23FN2O3/c1-4-25(13-17-8-7-9-18(23)12-17)22(26)19-10-5-6-11-21(19)27-14-20-15(2)24-28-16(20)3/h5-12H,4,13-14H2,1-3H3. The molecule has 0 atom stereocenters. The van der Waals surface area contributed by atoms with Gasteiger partial charge in [-0.1, -0.05) is 29.4 Å². The number of hydrogen-bond donors (Lipinski definition) is 0. The summed E-state index contributed by atoms with van der Waals surface area (Å²) in [6, 6.07) is 13.4. The molecule has 3 aromatic rings. The Morgan fingerprint density at radius 1 is 1.18 bits per heavy atom. The van der Waals surface area contributed by atoms with Crippen molar-refractivity contribution < 1.29 is 18.4 Å². The third-order valence-corrected chi connectivity index (χ3v) is 4.60. The largest absolute Gasteiger partial charge is 0.488 e. The van der Waals surface area contributed by atoms with Crippen molar-refractivity contribution in [3.05, 3.63) is 82.5 Å². The summed E-state index contributed by atoms with van der Waals surface area (Å²) in [4.78, 5) is 14.8. The quantitative estimate of drug-likeness (QED) is 0.596. The lowest BCUT2D eigenvalue weighted by atomic mass is 10.1. The van der Waals surface area contributed by atoms with Crippen LogP contribution in [0.25, 0.3) is 0 Å². The predicted molar refractivity (Wildman–Crippen MR) is 104 cm³/mol. The number of rotatable bonds is 7. The monoisotopic (exact) mass is 382 g/mol. The lowest BCUT2D eigenvalue weighted by Gasteiger charge is -2.22. The second-order valence-electron chi connectivity index (χ2n) is 6.54. The van der Waals surface area contributed by atoms with E-state index in [0.717, 1.165) is 16.8 Å². The molecule has 146 valence electrons. The van der Waals surface area contributed by atoms with Crippen molar-refractivity contribution in [1.82, 2.24) is 10.1 Å². The second kappa shape index (κ2) is 8.69. The third kappa shape index (κ3) is 4.39. The van der Waals surface area contributed by atoms with Gasteiger partial charge in [0.25, 0.3) is 5.91 Å². The van der Waals surface area contributed by atoms with Crippen molar-refractivity contribution >= 4 is 5.91 Å². The fourth-order valence-corrected chi connectivity index (χ4v) is 2.98. The van der Waals surface area contributed by atoms with Crippen LogP contribution in [0.4, 0.5) is 4.39 Å². The molecule has 0 spiro atoms. The van der Waals surface area contributed by atoms with Crippen molar-refractivity contribution in [1.29, 1.82) is 0 Å². The molecule has 1 amide bonds. The molecule has 0 aliphatic carbocycles. The molecule has 0 N–H and O–H groups in total. The summed E-state index contributed by atoms with van der Waals surface area (Å²) in [5, 5.41) is 3.92. The minimum absolute atomic E-state index is 0.166. The number of para-hydroxylation sites is 1. The van der Waals surface area contributed by atoms with Gasteiger partial charge in [0.05, 0.1) is 16.8 Å². The highest BCUT2D eigenvalue weighted by atomic mass is 19.1. The molecule has 0 fully saturated rings. The maximum atomic E-state index is 13.5. The number of carbonyl (C=O) groups is 1. The van der Waals surface area contributed by atoms with Gasteiger partial charge >= 0.3 is 0 Å². The molecule has 5 nitrogen and oxygen atoms in total. The number of hydrogen-bond acceptors (Lipinski definition) is 4. The van der Waals surface area contributed by atoms with Crippen LogP contribution in [0.5, 0.6) is 5.75 Å². The van der Waals surface area contributed by atoms with Crippen LogP contribution in [-0.4, -0.2) is 22.5 Å². The zero-order valence-corrected chi connectivity index (χ0v) is 16.2. The number of carbonyl (C=O) groups excluding carboxylic acids is 1. The smallest absolute Gasteiger partial charge is 0.257 e. The van der Waals surface area contributed by atoms with Crippen LogP contribution in [0.3, 0.4) is 0 Å². The molecule has 3 rings (SSSR count). The Balaban J connectivity index is 1.79. The van der Waals surface area contributed by atoms with Crippen molar-refractivity contribution in [2.75, 3.05) is 6.54 Å². The van der Waals surface area contributed by atoms with Gasteiger partial charge in [-0.05, 0) is 50.6 Å². The van der Waals surface area contributed by atoms with Gasteiger partial charge < -0.3 is 14.2 Å². The van der Waals surface area contributed by atoms with Gasteiger partial charge in [0, 0.05) is 13.1 Å². The van der Waals surface area contributed by atoms with E-state index in [2.05, 4.69) is 5.16 Å². The number of halogens is 1. The Morgan fingerprint density at radius 2 is 1.96 bits per heavy atom. The molecule has 1 heterocycles. The molecule has 0 unspecified atom stereocenters. The second-order valence-corrected chi connectivity index (χ2v) is 6.54. The van der Waals surface area contributed by atoms with Gasteiger partial charge in [-0.3, -0.25) is 4.79 Å². The van der Waals surface area contributed by atoms with E-state index in [9.17, 15) is 9.18 Å². The zero-order valence-electron chi connectivity index (χ0n) is 16.2. The van der Waals surface area contributed by atoms with Crippen LogP contribution in [0.1, 0.15) is 39.9 Å². The normalized spacial score (nSPS) is 10.7. The topological polar surface area (TPSA) is 55.6 Å². The number of nitrogens with zero attached hydrogens (tertiary/aromatic N) is 2. The van der Waals surface area contributed by atoms with Crippen LogP contribution >= 0.6 is 0 Å². The Morgan fingerprint density at radius 3 is 2.64 bits per heavy atom. The molecule has 0 bridgehead atoms. The fraction of sp³-hybridized carbons (Fsp3) is 0.273. The number of aromatic nitrogens is 1. The van der Waals surface area contributed by atoms with E-state index in [1.807, 2.05) is 26.8 Å². The van der Waals surface area contributed by atoms with Gasteiger partial charge in [0.2, 0.25) is 0 Å². The van der Waals surface area contributed by atoms with E-state index in [1.165, 1.54) is 12.1 Å². The summed E-state index contributed by atoms with van der Waals surface area (Å²) in [6.45, 7) is 6.66. The minimum atomic E-state index is -0.316. The van der Waals surface area contributed by atoms with Crippen LogP contribution < -0.4 is 4.74 Å². The molecule has 0 radical (unpaired) electrons. The van der Waals surface area contributed by atoms with Gasteiger partial charge in [-0.2, -0.15) is 0 Å². The fourth-order valence-electron chi connectivity index (χ4n) is 2.98. The molecule has 6 heteroatoms. The molecular weight excluding hydrogens is 359 g/mol. The minimum Gasteiger partial charge on any atom is -0.488 e. The van der Waals surface area contributed by atoms with Gasteiger partial charge in [-0.25, -0.2) is 4.39 Å². The molecule has 2 aromatic carbocycles. The van der Waals surface area contributed by atoms with Crippen LogP contribution in [-0.2, 0) is 13.2 Å². The molecule has 0 saturated carbocycles. The number of ether oxygens (including phenoxy) is 1. The first-order valence-corrected chi connectivity index (χ1v) is 9.17. The van der Waals surface area contributed by atoms with E-state index >= 15 is 0 Å². The first kappa shape index (κ1) is 19.6. The summed E-state index contributed by atoms with van der Waals surface area (Å²) in [5.74, 6) is 0.707. The van der Waals surface area contributed by atoms with E-state index in [-0.39, 0.29) is 18.3 Å². The maximum absolute atomic E-state index is 13.5. The third-order valence-electron chi connectivity index (χ3n) is 4.60. The lowest BCUT2D eigenvalue weighted by molar-refractivity contribution is 0.0747. The highest BCUT2D eigenvalue weighted by molar-refractivity contribution is 5.96. The summed E-state index contributed by atoms with van der Waals surface area (Å²) >= 11 is 0. The molecule has 1 aromatic heterocycles. The van der Waals surface area contributed by atoms with Crippen molar-refractivity contribution in [2.45, 2.75) is 33.9 Å². The first-order valence-electron chi connectivity index (χ1n) is 9.17. The van der Waals surface area contributed by atoms with Crippen LogP contribution in [0.2, 0.25) is 0 Å². The molecule has 0 saturated heterocycles. The van der Waals surface area contributed by atoms with E-state index < -0.39 is 0 Å². The summed E-state index contributed by atoms with van der Waals surface area (Å²) in [5.41, 5.74) is 2.84. The van der Waals surface area contributed by atoms with Crippen LogP contribution in [0.15, 0.2) is 53.1 Å². The Kier molecular flexibility index (Phi) is 6.09. The van der Waals surface area contributed by atoms with Gasteiger partial charge in [0.1, 0.15) is 23.9 Å². The van der Waals surface area contributed by atoms with Crippen molar-refractivity contribution in [3.63, 3.8) is 0 Å². The highest BCUT2D eigenvalue weighted by Crippen LogP contribution is 2.23. The van der Waals surface area contributed by atoms with E-state index in [1.54, 1.807) is 35.2 Å². The number of amides is 1. The molecule has 0 aliphatic rings. The molecule has 0 aliphatic heterocycles. The van der Waals surface area contributed by atoms with E-state index in [0.29, 0.717) is 30.2 Å². The Labute approximate surface area is 163 Å². The van der Waals surface area contributed by atoms with Crippen molar-refractivity contribution in [3.8, 4) is 5.75 Å². The Hall–Kier alpha value is -3.15. The number of benzene rings is 2. The zero-order chi connectivity index (χ0) is 20.1. The predicted octanol–water partition coefficient (Wildman–Crippen LogP) is 4.67. The SMILES string of the molecule is CCN(Cc1cccc(F)c1)C(=O)c1ccccc1OCc1c(C)noc1C. The van der Waals surface area contributed by atoms with Crippen LogP contribution in [0, 0.1) is 19.7 Å². The first-order chi connectivity index (χ1) is 13.5. The molecule has 28 heavy (non-hydrogen) atoms. The van der Waals surface area contributed by atoms with Gasteiger partial charge in [0.15, 0.2) is 0 Å². The average molecular weight is 382 g/mol. The number of aryl methyl sites for hydroxylation is 2. The van der Waals surface area contributed by atoms with Gasteiger partial charge in [-0.15, -0.1) is 0 Å². The summed E-state index contributed by atoms with van der Waals surface area (Å²) < 4.78 is 24.6. The lowest BCUT2D eigenvalue weighted by Crippen LogP contribution is -2.30. The highest BCUT2D eigenvalue weighted by Gasteiger charge is 2.20. The summed E-state index contributed by atoms with van der Waals surface area (Å²) in [7, 11) is 0. The average Bonchev–Trinajstić information content (AvgIpc) is 3.02. The van der Waals surface area contributed by atoms with E-state index in [4.69, 9.17) is 9.26 Å². The molecular formula is C22H23FN2O3. The maximum Gasteiger partial charge on any atom is 0.257 e.